The second-order valence-electron chi connectivity index (χ2n) is 9.01. The quantitative estimate of drug-likeness (QED) is 0.388. The first kappa shape index (κ1) is 21.8. The number of nitrogens with two attached hydrogens (primary N) is 1. The normalized spacial score (nSPS) is 28.2. The minimum absolute atomic E-state index is 0.0318. The zero-order chi connectivity index (χ0) is 24.5. The summed E-state index contributed by atoms with van der Waals surface area (Å²) in [5.74, 6) is -4.54. The number of rotatable bonds is 2. The van der Waals surface area contributed by atoms with Crippen molar-refractivity contribution in [3.05, 3.63) is 58.2 Å². The summed E-state index contributed by atoms with van der Waals surface area (Å²) in [5.41, 5.74) is 7.49. The van der Waals surface area contributed by atoms with Crippen molar-refractivity contribution in [1.29, 1.82) is 0 Å². The number of likely N-dealkylation sites (tertiary alicyclic amines) is 1. The van der Waals surface area contributed by atoms with E-state index in [2.05, 4.69) is 0 Å². The number of phenols is 1. The lowest BCUT2D eigenvalue weighted by Crippen LogP contribution is -2.42. The monoisotopic (exact) mass is 462 g/mol. The summed E-state index contributed by atoms with van der Waals surface area (Å²) in [5, 5.41) is 9.97. The van der Waals surface area contributed by atoms with Crippen LogP contribution in [0.4, 0.5) is 4.79 Å². The SMILES string of the molecule is COc1cc(O)ccc1C1C2=CCC3C(=O)N(C(N)=O)C(=O)C3C2CC2=C1C(=O)C(C)=CC2=O. The van der Waals surface area contributed by atoms with Crippen LogP contribution >= 0.6 is 0 Å². The van der Waals surface area contributed by atoms with E-state index in [-0.39, 0.29) is 35.7 Å². The predicted molar refractivity (Wildman–Crippen MR) is 117 cm³/mol. The van der Waals surface area contributed by atoms with Crippen LogP contribution in [0.1, 0.15) is 31.2 Å². The van der Waals surface area contributed by atoms with Gasteiger partial charge in [0.15, 0.2) is 11.6 Å². The lowest BCUT2D eigenvalue weighted by molar-refractivity contribution is -0.136. The fourth-order valence-electron chi connectivity index (χ4n) is 5.87. The molecule has 1 aromatic rings. The van der Waals surface area contributed by atoms with Gasteiger partial charge in [0.25, 0.3) is 0 Å². The van der Waals surface area contributed by atoms with Crippen LogP contribution in [0.2, 0.25) is 0 Å². The molecule has 0 aromatic heterocycles. The molecule has 0 radical (unpaired) electrons. The van der Waals surface area contributed by atoms with Crippen molar-refractivity contribution < 1.29 is 33.8 Å². The lowest BCUT2D eigenvalue weighted by atomic mass is 9.59. The van der Waals surface area contributed by atoms with Gasteiger partial charge >= 0.3 is 6.03 Å². The molecule has 1 aromatic carbocycles. The second-order valence-corrected chi connectivity index (χ2v) is 9.01. The number of Topliss-reactive ketones (excluding diaryl/α,β-unsaturated/α-hetero) is 1. The van der Waals surface area contributed by atoms with E-state index in [4.69, 9.17) is 10.5 Å². The highest BCUT2D eigenvalue weighted by Gasteiger charge is 2.57. The molecule has 3 aliphatic carbocycles. The van der Waals surface area contributed by atoms with Crippen molar-refractivity contribution in [2.75, 3.05) is 7.11 Å². The number of hydrogen-bond acceptors (Lipinski definition) is 7. The number of imide groups is 3. The maximum absolute atomic E-state index is 13.3. The van der Waals surface area contributed by atoms with Crippen LogP contribution in [0.3, 0.4) is 0 Å². The molecule has 4 unspecified atom stereocenters. The number of carbonyl (C=O) groups excluding carboxylic acids is 5. The highest BCUT2D eigenvalue weighted by molar-refractivity contribution is 6.24. The summed E-state index contributed by atoms with van der Waals surface area (Å²) >= 11 is 0. The molecule has 9 heteroatoms. The summed E-state index contributed by atoms with van der Waals surface area (Å²) in [7, 11) is 1.43. The Labute approximate surface area is 194 Å². The van der Waals surface area contributed by atoms with E-state index >= 15 is 0 Å². The number of phenolic OH excluding ortho intramolecular Hbond substituents is 1. The number of hydrogen-bond donors (Lipinski definition) is 2. The molecule has 1 saturated heterocycles. The molecule has 4 aliphatic rings. The van der Waals surface area contributed by atoms with Gasteiger partial charge < -0.3 is 15.6 Å². The number of carbonyl (C=O) groups is 5. The summed E-state index contributed by atoms with van der Waals surface area (Å²) in [6, 6.07) is 3.38. The Bertz CT molecular complexity index is 1300. The van der Waals surface area contributed by atoms with Crippen LogP contribution < -0.4 is 10.5 Å². The van der Waals surface area contributed by atoms with Crippen molar-refractivity contribution in [2.45, 2.75) is 25.7 Å². The number of ether oxygens (including phenoxy) is 1. The molecule has 1 fully saturated rings. The van der Waals surface area contributed by atoms with Gasteiger partial charge in [-0.3, -0.25) is 19.2 Å². The van der Waals surface area contributed by atoms with Crippen molar-refractivity contribution in [3.8, 4) is 11.5 Å². The molecule has 1 aliphatic heterocycles. The zero-order valence-corrected chi connectivity index (χ0v) is 18.5. The fraction of sp³-hybridized carbons (Fsp3) is 0.320. The van der Waals surface area contributed by atoms with Gasteiger partial charge in [0, 0.05) is 34.3 Å². The van der Waals surface area contributed by atoms with Gasteiger partial charge in [0.05, 0.1) is 18.9 Å². The smallest absolute Gasteiger partial charge is 0.328 e. The van der Waals surface area contributed by atoms with Crippen molar-refractivity contribution in [2.24, 2.45) is 23.5 Å². The number of benzene rings is 1. The Morgan fingerprint density at radius 3 is 2.56 bits per heavy atom. The molecule has 34 heavy (non-hydrogen) atoms. The number of nitrogens with zero attached hydrogens (tertiary/aromatic N) is 1. The van der Waals surface area contributed by atoms with E-state index in [1.807, 2.05) is 6.08 Å². The molecular formula is C25H22N2O7. The van der Waals surface area contributed by atoms with Crippen molar-refractivity contribution in [1.82, 2.24) is 4.90 Å². The van der Waals surface area contributed by atoms with Gasteiger partial charge in [-0.1, -0.05) is 17.7 Å². The van der Waals surface area contributed by atoms with Crippen LogP contribution in [-0.2, 0) is 19.2 Å². The second kappa shape index (κ2) is 7.51. The number of fused-ring (bicyclic) bond motifs is 3. The number of primary amides is 1. The van der Waals surface area contributed by atoms with Gasteiger partial charge in [-0.25, -0.2) is 4.79 Å². The number of amides is 4. The Morgan fingerprint density at radius 1 is 1.15 bits per heavy atom. The third kappa shape index (κ3) is 2.89. The minimum atomic E-state index is -1.12. The Balaban J connectivity index is 1.73. The Hall–Kier alpha value is -4.01. The summed E-state index contributed by atoms with van der Waals surface area (Å²) in [6.45, 7) is 1.58. The molecule has 174 valence electrons. The summed E-state index contributed by atoms with van der Waals surface area (Å²) in [6.07, 6.45) is 3.41. The minimum Gasteiger partial charge on any atom is -0.508 e. The molecule has 0 bridgehead atoms. The topological polar surface area (TPSA) is 144 Å². The fourth-order valence-corrected chi connectivity index (χ4v) is 5.87. The van der Waals surface area contributed by atoms with Gasteiger partial charge in [0.1, 0.15) is 11.5 Å². The van der Waals surface area contributed by atoms with Gasteiger partial charge in [-0.2, -0.15) is 4.90 Å². The summed E-state index contributed by atoms with van der Waals surface area (Å²) < 4.78 is 5.49. The first-order valence-electron chi connectivity index (χ1n) is 10.9. The Kier molecular flexibility index (Phi) is 4.82. The molecule has 9 nitrogen and oxygen atoms in total. The third-order valence-corrected chi connectivity index (χ3v) is 7.31. The molecule has 0 saturated carbocycles. The highest BCUT2D eigenvalue weighted by atomic mass is 16.5. The van der Waals surface area contributed by atoms with E-state index in [0.29, 0.717) is 32.9 Å². The molecule has 4 amide bonds. The zero-order valence-electron chi connectivity index (χ0n) is 18.5. The van der Waals surface area contributed by atoms with Crippen LogP contribution in [-0.4, -0.2) is 46.5 Å². The standard InChI is InChI=1S/C25H22N2O7/c1-10-7-17(29)16-9-15-12(5-6-14-20(15)24(32)27(23(14)31)25(26)33)19(21(16)22(10)30)13-4-3-11(28)8-18(13)34-2/h3-5,7-8,14-15,19-20,28H,6,9H2,1-2H3,(H2,26,33). The van der Waals surface area contributed by atoms with Crippen molar-refractivity contribution >= 4 is 29.4 Å². The van der Waals surface area contributed by atoms with E-state index < -0.39 is 41.5 Å². The number of allylic oxidation sites excluding steroid dienone is 6. The molecule has 1 heterocycles. The maximum atomic E-state index is 13.3. The van der Waals surface area contributed by atoms with E-state index in [9.17, 15) is 29.1 Å². The first-order valence-corrected chi connectivity index (χ1v) is 10.9. The highest BCUT2D eigenvalue weighted by Crippen LogP contribution is 2.56. The van der Waals surface area contributed by atoms with Gasteiger partial charge in [-0.05, 0) is 37.8 Å². The maximum Gasteiger partial charge on any atom is 0.328 e. The average molecular weight is 462 g/mol. The predicted octanol–water partition coefficient (Wildman–Crippen LogP) is 1.91. The lowest BCUT2D eigenvalue weighted by Gasteiger charge is -2.42. The number of methoxy groups -OCH3 is 1. The number of aromatic hydroxyl groups is 1. The van der Waals surface area contributed by atoms with Crippen LogP contribution in [0, 0.1) is 17.8 Å². The van der Waals surface area contributed by atoms with E-state index in [0.717, 1.165) is 0 Å². The molecule has 4 atom stereocenters. The van der Waals surface area contributed by atoms with Crippen LogP contribution in [0.5, 0.6) is 11.5 Å². The number of urea groups is 1. The number of ketones is 2. The first-order chi connectivity index (χ1) is 16.1. The van der Waals surface area contributed by atoms with Crippen LogP contribution in [0.25, 0.3) is 0 Å². The van der Waals surface area contributed by atoms with E-state index in [1.54, 1.807) is 13.0 Å². The van der Waals surface area contributed by atoms with Gasteiger partial charge in [0.2, 0.25) is 11.8 Å². The van der Waals surface area contributed by atoms with E-state index in [1.165, 1.54) is 25.3 Å². The molecular weight excluding hydrogens is 440 g/mol. The van der Waals surface area contributed by atoms with Crippen molar-refractivity contribution in [3.63, 3.8) is 0 Å². The summed E-state index contributed by atoms with van der Waals surface area (Å²) in [4.78, 5) is 64.6. The molecule has 3 N–H and O–H groups in total. The Morgan fingerprint density at radius 2 is 1.88 bits per heavy atom. The van der Waals surface area contributed by atoms with Gasteiger partial charge in [-0.15, -0.1) is 0 Å². The molecule has 0 spiro atoms. The van der Waals surface area contributed by atoms with Crippen LogP contribution in [0.15, 0.2) is 52.6 Å². The average Bonchev–Trinajstić information content (AvgIpc) is 3.06. The third-order valence-electron chi connectivity index (χ3n) is 7.31. The largest absolute Gasteiger partial charge is 0.508 e. The molecule has 5 rings (SSSR count).